The minimum atomic E-state index is 0.188. The number of benzene rings is 2. The third-order valence-electron chi connectivity index (χ3n) is 4.37. The van der Waals surface area contributed by atoms with E-state index in [-0.39, 0.29) is 6.04 Å². The van der Waals surface area contributed by atoms with Gasteiger partial charge in [0.2, 0.25) is 6.79 Å². The number of hydrogen-bond acceptors (Lipinski definition) is 4. The Morgan fingerprint density at radius 1 is 1.13 bits per heavy atom. The summed E-state index contributed by atoms with van der Waals surface area (Å²) in [6.07, 6.45) is 2.03. The van der Waals surface area contributed by atoms with Crippen LogP contribution in [0.1, 0.15) is 36.1 Å². The van der Waals surface area contributed by atoms with Gasteiger partial charge in [-0.2, -0.15) is 0 Å². The Morgan fingerprint density at radius 2 is 1.91 bits per heavy atom. The lowest BCUT2D eigenvalue weighted by Crippen LogP contribution is -2.30. The summed E-state index contributed by atoms with van der Waals surface area (Å²) < 4.78 is 16.7. The molecule has 2 aliphatic rings. The molecule has 1 N–H and O–H groups in total. The molecular formula is C19H21NO3. The molecule has 2 aliphatic heterocycles. The standard InChI is InChI=1S/C19H21NO3/c1-2-9-21-15-5-3-13(4-6-15)19-16-11-18-17(22-12-23-18)10-14(16)7-8-20-19/h3-6,10-11,19-20H,2,7-9,12H2,1H3. The average Bonchev–Trinajstić information content (AvgIpc) is 3.05. The van der Waals surface area contributed by atoms with Crippen LogP contribution in [0.2, 0.25) is 0 Å². The third-order valence-corrected chi connectivity index (χ3v) is 4.37. The zero-order valence-corrected chi connectivity index (χ0v) is 13.3. The fraction of sp³-hybridized carbons (Fsp3) is 0.368. The van der Waals surface area contributed by atoms with Crippen LogP contribution in [0.5, 0.6) is 17.2 Å². The molecule has 0 amide bonds. The van der Waals surface area contributed by atoms with Gasteiger partial charge < -0.3 is 19.5 Å². The summed E-state index contributed by atoms with van der Waals surface area (Å²) >= 11 is 0. The second-order valence-electron chi connectivity index (χ2n) is 5.96. The molecule has 23 heavy (non-hydrogen) atoms. The summed E-state index contributed by atoms with van der Waals surface area (Å²) in [7, 11) is 0. The van der Waals surface area contributed by atoms with Gasteiger partial charge in [0.1, 0.15) is 5.75 Å². The highest BCUT2D eigenvalue weighted by Gasteiger charge is 2.25. The number of nitrogens with one attached hydrogen (secondary N) is 1. The normalized spacial score (nSPS) is 18.6. The Hall–Kier alpha value is -2.20. The zero-order valence-electron chi connectivity index (χ0n) is 13.3. The lowest BCUT2D eigenvalue weighted by Gasteiger charge is -2.27. The zero-order chi connectivity index (χ0) is 15.6. The van der Waals surface area contributed by atoms with Gasteiger partial charge in [-0.1, -0.05) is 19.1 Å². The molecular weight excluding hydrogens is 290 g/mol. The Morgan fingerprint density at radius 3 is 2.70 bits per heavy atom. The van der Waals surface area contributed by atoms with Crippen molar-refractivity contribution in [2.45, 2.75) is 25.8 Å². The number of fused-ring (bicyclic) bond motifs is 2. The van der Waals surface area contributed by atoms with Crippen molar-refractivity contribution in [1.82, 2.24) is 5.32 Å². The Bertz CT molecular complexity index is 697. The van der Waals surface area contributed by atoms with Gasteiger partial charge in [0.15, 0.2) is 11.5 Å². The van der Waals surface area contributed by atoms with Crippen molar-refractivity contribution in [2.24, 2.45) is 0 Å². The molecule has 2 heterocycles. The van der Waals surface area contributed by atoms with Crippen LogP contribution in [0.4, 0.5) is 0 Å². The number of ether oxygens (including phenoxy) is 3. The quantitative estimate of drug-likeness (QED) is 0.939. The van der Waals surface area contributed by atoms with E-state index in [9.17, 15) is 0 Å². The fourth-order valence-corrected chi connectivity index (χ4v) is 3.22. The second kappa shape index (κ2) is 6.13. The van der Waals surface area contributed by atoms with Gasteiger partial charge >= 0.3 is 0 Å². The van der Waals surface area contributed by atoms with Crippen LogP contribution in [0.15, 0.2) is 36.4 Å². The van der Waals surface area contributed by atoms with Gasteiger partial charge in [0.25, 0.3) is 0 Å². The molecule has 1 unspecified atom stereocenters. The first-order chi connectivity index (χ1) is 11.3. The molecule has 120 valence electrons. The van der Waals surface area contributed by atoms with E-state index in [2.05, 4.69) is 36.5 Å². The first-order valence-electron chi connectivity index (χ1n) is 8.23. The predicted octanol–water partition coefficient (Wildman–Crippen LogP) is 3.44. The summed E-state index contributed by atoms with van der Waals surface area (Å²) in [5.74, 6) is 2.64. The SMILES string of the molecule is CCCOc1ccc(C2NCCc3cc4c(cc32)OCO4)cc1. The van der Waals surface area contributed by atoms with Crippen molar-refractivity contribution < 1.29 is 14.2 Å². The van der Waals surface area contributed by atoms with E-state index in [1.54, 1.807) is 0 Å². The van der Waals surface area contributed by atoms with Crippen molar-refractivity contribution in [2.75, 3.05) is 19.9 Å². The largest absolute Gasteiger partial charge is 0.494 e. The van der Waals surface area contributed by atoms with Gasteiger partial charge in [-0.25, -0.2) is 0 Å². The molecule has 0 aliphatic carbocycles. The Labute approximate surface area is 136 Å². The summed E-state index contributed by atoms with van der Waals surface area (Å²) in [5, 5.41) is 3.61. The van der Waals surface area contributed by atoms with E-state index in [0.29, 0.717) is 6.79 Å². The lowest BCUT2D eigenvalue weighted by molar-refractivity contribution is 0.174. The van der Waals surface area contributed by atoms with Crippen molar-refractivity contribution in [3.05, 3.63) is 53.1 Å². The summed E-state index contributed by atoms with van der Waals surface area (Å²) in [4.78, 5) is 0. The minimum absolute atomic E-state index is 0.188. The maximum atomic E-state index is 5.67. The van der Waals surface area contributed by atoms with Gasteiger partial charge in [0, 0.05) is 6.54 Å². The molecule has 4 heteroatoms. The number of hydrogen-bond donors (Lipinski definition) is 1. The molecule has 0 bridgehead atoms. The van der Waals surface area contributed by atoms with E-state index >= 15 is 0 Å². The van der Waals surface area contributed by atoms with Crippen LogP contribution in [-0.4, -0.2) is 19.9 Å². The first kappa shape index (κ1) is 14.4. The molecule has 0 fully saturated rings. The summed E-state index contributed by atoms with van der Waals surface area (Å²) in [6, 6.07) is 12.8. The average molecular weight is 311 g/mol. The van der Waals surface area contributed by atoms with Crippen molar-refractivity contribution in [3.8, 4) is 17.2 Å². The molecule has 1 atom stereocenters. The van der Waals surface area contributed by atoms with Crippen LogP contribution in [0, 0.1) is 0 Å². The monoisotopic (exact) mass is 311 g/mol. The third kappa shape index (κ3) is 2.75. The molecule has 2 aromatic carbocycles. The lowest BCUT2D eigenvalue weighted by atomic mass is 9.89. The summed E-state index contributed by atoms with van der Waals surface area (Å²) in [5.41, 5.74) is 3.86. The highest BCUT2D eigenvalue weighted by molar-refractivity contribution is 5.52. The molecule has 0 saturated heterocycles. The van der Waals surface area contributed by atoms with Gasteiger partial charge in [-0.05, 0) is 53.8 Å². The highest BCUT2D eigenvalue weighted by Crippen LogP contribution is 2.40. The molecule has 2 aromatic rings. The second-order valence-corrected chi connectivity index (χ2v) is 5.96. The molecule has 0 radical (unpaired) electrons. The van der Waals surface area contributed by atoms with Crippen LogP contribution in [0.3, 0.4) is 0 Å². The maximum Gasteiger partial charge on any atom is 0.231 e. The van der Waals surface area contributed by atoms with Crippen molar-refractivity contribution in [3.63, 3.8) is 0 Å². The fourth-order valence-electron chi connectivity index (χ4n) is 3.22. The van der Waals surface area contributed by atoms with Gasteiger partial charge in [-0.3, -0.25) is 0 Å². The Kier molecular flexibility index (Phi) is 3.83. The van der Waals surface area contributed by atoms with E-state index in [1.165, 1.54) is 16.7 Å². The predicted molar refractivity (Wildman–Crippen MR) is 88.3 cm³/mol. The molecule has 4 nitrogen and oxygen atoms in total. The molecule has 0 aromatic heterocycles. The molecule has 0 saturated carbocycles. The molecule has 4 rings (SSSR count). The van der Waals surface area contributed by atoms with E-state index < -0.39 is 0 Å². The smallest absolute Gasteiger partial charge is 0.231 e. The van der Waals surface area contributed by atoms with Crippen LogP contribution in [-0.2, 0) is 6.42 Å². The topological polar surface area (TPSA) is 39.7 Å². The van der Waals surface area contributed by atoms with Crippen LogP contribution >= 0.6 is 0 Å². The van der Waals surface area contributed by atoms with Gasteiger partial charge in [-0.15, -0.1) is 0 Å². The van der Waals surface area contributed by atoms with E-state index in [1.807, 2.05) is 12.1 Å². The van der Waals surface area contributed by atoms with Crippen molar-refractivity contribution in [1.29, 1.82) is 0 Å². The molecule has 0 spiro atoms. The van der Waals surface area contributed by atoms with Crippen LogP contribution in [0.25, 0.3) is 0 Å². The number of rotatable bonds is 4. The van der Waals surface area contributed by atoms with E-state index in [0.717, 1.165) is 43.2 Å². The highest BCUT2D eigenvalue weighted by atomic mass is 16.7. The maximum absolute atomic E-state index is 5.67. The van der Waals surface area contributed by atoms with Crippen LogP contribution < -0.4 is 19.5 Å². The Balaban J connectivity index is 1.63. The summed E-state index contributed by atoms with van der Waals surface area (Å²) in [6.45, 7) is 4.15. The first-order valence-corrected chi connectivity index (χ1v) is 8.23. The van der Waals surface area contributed by atoms with Gasteiger partial charge in [0.05, 0.1) is 12.6 Å². The minimum Gasteiger partial charge on any atom is -0.494 e. The van der Waals surface area contributed by atoms with E-state index in [4.69, 9.17) is 14.2 Å². The van der Waals surface area contributed by atoms with Crippen molar-refractivity contribution >= 4 is 0 Å².